The third-order valence-electron chi connectivity index (χ3n) is 2.14. The Bertz CT molecular complexity index is 370. The number of aromatic nitrogens is 3. The van der Waals surface area contributed by atoms with Crippen LogP contribution in [0.2, 0.25) is 0 Å². The van der Waals surface area contributed by atoms with Crippen LogP contribution in [-0.4, -0.2) is 14.8 Å². The van der Waals surface area contributed by atoms with Gasteiger partial charge >= 0.3 is 0 Å². The maximum absolute atomic E-state index is 4.17. The van der Waals surface area contributed by atoms with Crippen molar-refractivity contribution in [2.24, 2.45) is 7.05 Å². The van der Waals surface area contributed by atoms with E-state index in [9.17, 15) is 0 Å². The maximum atomic E-state index is 4.17. The Morgan fingerprint density at radius 1 is 1.50 bits per heavy atom. The molecular weight excluding hydrogens is 150 g/mol. The van der Waals surface area contributed by atoms with Gasteiger partial charge in [-0.2, -0.15) is 5.10 Å². The van der Waals surface area contributed by atoms with Gasteiger partial charge in [0.15, 0.2) is 0 Å². The summed E-state index contributed by atoms with van der Waals surface area (Å²) in [5, 5.41) is 4.17. The first-order chi connectivity index (χ1) is 5.79. The third-order valence-corrected chi connectivity index (χ3v) is 2.14. The van der Waals surface area contributed by atoms with Gasteiger partial charge in [0.25, 0.3) is 0 Å². The molecule has 2 aromatic heterocycles. The minimum absolute atomic E-state index is 1.19. The molecule has 2 rings (SSSR count). The van der Waals surface area contributed by atoms with Crippen LogP contribution in [0.15, 0.2) is 24.7 Å². The molecule has 0 bridgehead atoms. The average Bonchev–Trinajstić information content (AvgIpc) is 2.64. The number of hydrogen-bond donors (Lipinski definition) is 1. The van der Waals surface area contributed by atoms with E-state index < -0.39 is 0 Å². The first-order valence-electron chi connectivity index (χ1n) is 3.91. The fourth-order valence-electron chi connectivity index (χ4n) is 1.27. The van der Waals surface area contributed by atoms with E-state index in [0.29, 0.717) is 0 Å². The minimum atomic E-state index is 1.19. The van der Waals surface area contributed by atoms with Crippen molar-refractivity contribution in [1.29, 1.82) is 0 Å². The Kier molecular flexibility index (Phi) is 1.50. The zero-order valence-corrected chi connectivity index (χ0v) is 7.20. The standard InChI is InChI=1S/C9H11N3/c1-7-9(6-11-12(7)2)8-3-4-10-5-8/h3-6,10H,1-2H3. The second-order valence-corrected chi connectivity index (χ2v) is 2.87. The molecule has 0 saturated heterocycles. The lowest BCUT2D eigenvalue weighted by Crippen LogP contribution is -1.92. The summed E-state index contributed by atoms with van der Waals surface area (Å²) in [5.74, 6) is 0. The van der Waals surface area contributed by atoms with Crippen molar-refractivity contribution in [3.63, 3.8) is 0 Å². The lowest BCUT2D eigenvalue weighted by atomic mass is 10.1. The van der Waals surface area contributed by atoms with Gasteiger partial charge in [0.2, 0.25) is 0 Å². The lowest BCUT2D eigenvalue weighted by molar-refractivity contribution is 0.740. The molecule has 3 heteroatoms. The molecule has 2 heterocycles. The summed E-state index contributed by atoms with van der Waals surface area (Å²) in [7, 11) is 1.95. The Labute approximate surface area is 71.0 Å². The topological polar surface area (TPSA) is 33.6 Å². The summed E-state index contributed by atoms with van der Waals surface area (Å²) >= 11 is 0. The van der Waals surface area contributed by atoms with Crippen LogP contribution in [0.1, 0.15) is 5.69 Å². The second kappa shape index (κ2) is 2.52. The smallest absolute Gasteiger partial charge is 0.0571 e. The molecule has 3 nitrogen and oxygen atoms in total. The molecule has 12 heavy (non-hydrogen) atoms. The van der Waals surface area contributed by atoms with Crippen LogP contribution in [0.4, 0.5) is 0 Å². The summed E-state index contributed by atoms with van der Waals surface area (Å²) in [5.41, 5.74) is 3.58. The highest BCUT2D eigenvalue weighted by atomic mass is 15.3. The van der Waals surface area contributed by atoms with E-state index >= 15 is 0 Å². The van der Waals surface area contributed by atoms with Crippen LogP contribution in [0.25, 0.3) is 11.1 Å². The molecule has 0 radical (unpaired) electrons. The quantitative estimate of drug-likeness (QED) is 0.678. The minimum Gasteiger partial charge on any atom is -0.367 e. The summed E-state index contributed by atoms with van der Waals surface area (Å²) < 4.78 is 1.88. The fraction of sp³-hybridized carbons (Fsp3) is 0.222. The lowest BCUT2D eigenvalue weighted by Gasteiger charge is -1.95. The van der Waals surface area contributed by atoms with Crippen LogP contribution in [0.5, 0.6) is 0 Å². The number of H-pyrrole nitrogens is 1. The van der Waals surface area contributed by atoms with Gasteiger partial charge in [-0.05, 0) is 13.0 Å². The van der Waals surface area contributed by atoms with Crippen LogP contribution < -0.4 is 0 Å². The largest absolute Gasteiger partial charge is 0.367 e. The van der Waals surface area contributed by atoms with Crippen LogP contribution >= 0.6 is 0 Å². The fourth-order valence-corrected chi connectivity index (χ4v) is 1.27. The SMILES string of the molecule is Cc1c(-c2cc[nH]c2)cnn1C. The molecule has 0 aromatic carbocycles. The first kappa shape index (κ1) is 7.16. The Morgan fingerprint density at radius 3 is 2.83 bits per heavy atom. The van der Waals surface area contributed by atoms with Crippen molar-refractivity contribution in [1.82, 2.24) is 14.8 Å². The zero-order chi connectivity index (χ0) is 8.55. The summed E-state index contributed by atoms with van der Waals surface area (Å²) in [4.78, 5) is 3.03. The monoisotopic (exact) mass is 161 g/mol. The van der Waals surface area contributed by atoms with Gasteiger partial charge in [-0.15, -0.1) is 0 Å². The second-order valence-electron chi connectivity index (χ2n) is 2.87. The van der Waals surface area contributed by atoms with Gasteiger partial charge in [0, 0.05) is 36.3 Å². The molecular formula is C9H11N3. The van der Waals surface area contributed by atoms with Gasteiger partial charge in [-0.25, -0.2) is 0 Å². The van der Waals surface area contributed by atoms with Gasteiger partial charge in [-0.1, -0.05) is 0 Å². The van der Waals surface area contributed by atoms with Crippen molar-refractivity contribution >= 4 is 0 Å². The van der Waals surface area contributed by atoms with Gasteiger partial charge in [0.1, 0.15) is 0 Å². The maximum Gasteiger partial charge on any atom is 0.0571 e. The van der Waals surface area contributed by atoms with Crippen molar-refractivity contribution in [2.45, 2.75) is 6.92 Å². The molecule has 62 valence electrons. The number of hydrogen-bond acceptors (Lipinski definition) is 1. The third kappa shape index (κ3) is 0.942. The zero-order valence-electron chi connectivity index (χ0n) is 7.20. The molecule has 0 amide bonds. The van der Waals surface area contributed by atoms with Crippen molar-refractivity contribution in [3.8, 4) is 11.1 Å². The van der Waals surface area contributed by atoms with Crippen LogP contribution in [0.3, 0.4) is 0 Å². The molecule has 2 aromatic rings. The van der Waals surface area contributed by atoms with Crippen molar-refractivity contribution in [3.05, 3.63) is 30.4 Å². The molecule has 0 aliphatic heterocycles. The Balaban J connectivity index is 2.55. The van der Waals surface area contributed by atoms with Crippen LogP contribution in [-0.2, 0) is 7.05 Å². The van der Waals surface area contributed by atoms with E-state index in [1.165, 1.54) is 16.8 Å². The number of aromatic amines is 1. The number of aryl methyl sites for hydroxylation is 1. The molecule has 0 atom stereocenters. The number of nitrogens with zero attached hydrogens (tertiary/aromatic N) is 2. The number of rotatable bonds is 1. The van der Waals surface area contributed by atoms with E-state index in [0.717, 1.165) is 0 Å². The predicted octanol–water partition coefficient (Wildman–Crippen LogP) is 1.72. The molecule has 0 unspecified atom stereocenters. The summed E-state index contributed by atoms with van der Waals surface area (Å²) in [6.45, 7) is 2.06. The normalized spacial score (nSPS) is 10.5. The summed E-state index contributed by atoms with van der Waals surface area (Å²) in [6.07, 6.45) is 5.78. The molecule has 0 spiro atoms. The van der Waals surface area contributed by atoms with Crippen molar-refractivity contribution < 1.29 is 0 Å². The van der Waals surface area contributed by atoms with E-state index in [2.05, 4.69) is 17.0 Å². The van der Waals surface area contributed by atoms with Gasteiger partial charge < -0.3 is 4.98 Å². The predicted molar refractivity (Wildman–Crippen MR) is 47.7 cm³/mol. The number of nitrogens with one attached hydrogen (secondary N) is 1. The molecule has 0 aliphatic rings. The van der Waals surface area contributed by atoms with Crippen molar-refractivity contribution in [2.75, 3.05) is 0 Å². The molecule has 1 N–H and O–H groups in total. The van der Waals surface area contributed by atoms with E-state index in [1.54, 1.807) is 0 Å². The van der Waals surface area contributed by atoms with E-state index in [4.69, 9.17) is 0 Å². The van der Waals surface area contributed by atoms with Crippen LogP contribution in [0, 0.1) is 6.92 Å². The molecule has 0 saturated carbocycles. The highest BCUT2D eigenvalue weighted by Gasteiger charge is 2.05. The molecule has 0 fully saturated rings. The van der Waals surface area contributed by atoms with Gasteiger partial charge in [-0.3, -0.25) is 4.68 Å². The highest BCUT2D eigenvalue weighted by molar-refractivity contribution is 5.64. The summed E-state index contributed by atoms with van der Waals surface area (Å²) in [6, 6.07) is 2.05. The highest BCUT2D eigenvalue weighted by Crippen LogP contribution is 2.21. The first-order valence-corrected chi connectivity index (χ1v) is 3.91. The average molecular weight is 161 g/mol. The Hall–Kier alpha value is -1.51. The Morgan fingerprint density at radius 2 is 2.33 bits per heavy atom. The van der Waals surface area contributed by atoms with E-state index in [1.807, 2.05) is 36.4 Å². The van der Waals surface area contributed by atoms with Gasteiger partial charge in [0.05, 0.1) is 6.20 Å². The van der Waals surface area contributed by atoms with E-state index in [-0.39, 0.29) is 0 Å². The molecule has 0 aliphatic carbocycles.